The van der Waals surface area contributed by atoms with Crippen LogP contribution < -0.4 is 5.43 Å². The zero-order valence-corrected chi connectivity index (χ0v) is 12.1. The van der Waals surface area contributed by atoms with Crippen LogP contribution in [0.5, 0.6) is 0 Å². The topological polar surface area (TPSA) is 32.9 Å². The third-order valence-corrected chi connectivity index (χ3v) is 4.17. The first-order valence-electron chi connectivity index (χ1n) is 7.37. The third-order valence-electron chi connectivity index (χ3n) is 4.17. The van der Waals surface area contributed by atoms with E-state index in [0.717, 1.165) is 23.4 Å². The standard InChI is InChI=1S/C19H19NO/c1-3-16-17(4-2)20-18(12-19(16)21)15-10-9-13-7-5-6-8-14(13)11-15/h3-4,9-12H,1-2,5-8H2,(H,20,21). The lowest BCUT2D eigenvalue weighted by Gasteiger charge is -2.17. The molecule has 0 atom stereocenters. The fourth-order valence-corrected chi connectivity index (χ4v) is 3.02. The predicted octanol–water partition coefficient (Wildman–Crippen LogP) is 4.21. The highest BCUT2D eigenvalue weighted by Crippen LogP contribution is 2.26. The SMILES string of the molecule is C=Cc1[nH]c(-c2ccc3c(c2)CCCC3)cc(=O)c1C=C. The number of fused-ring (bicyclic) bond motifs is 1. The molecule has 3 rings (SSSR count). The van der Waals surface area contributed by atoms with Gasteiger partial charge in [-0.25, -0.2) is 0 Å². The number of nitrogens with one attached hydrogen (secondary N) is 1. The Morgan fingerprint density at radius 1 is 1.00 bits per heavy atom. The van der Waals surface area contributed by atoms with Crippen molar-refractivity contribution in [2.75, 3.05) is 0 Å². The van der Waals surface area contributed by atoms with Gasteiger partial charge in [-0.2, -0.15) is 0 Å². The van der Waals surface area contributed by atoms with E-state index in [2.05, 4.69) is 36.3 Å². The van der Waals surface area contributed by atoms with Crippen LogP contribution in [0.3, 0.4) is 0 Å². The molecule has 0 saturated carbocycles. The van der Waals surface area contributed by atoms with Crippen LogP contribution in [-0.2, 0) is 12.8 Å². The number of aromatic amines is 1. The molecule has 0 amide bonds. The second-order valence-electron chi connectivity index (χ2n) is 5.47. The largest absolute Gasteiger partial charge is 0.354 e. The Balaban J connectivity index is 2.12. The van der Waals surface area contributed by atoms with Crippen LogP contribution in [-0.4, -0.2) is 4.98 Å². The lowest BCUT2D eigenvalue weighted by molar-refractivity contribution is 0.686. The van der Waals surface area contributed by atoms with E-state index < -0.39 is 0 Å². The highest BCUT2D eigenvalue weighted by atomic mass is 16.1. The van der Waals surface area contributed by atoms with Crippen LogP contribution >= 0.6 is 0 Å². The summed E-state index contributed by atoms with van der Waals surface area (Å²) in [5, 5.41) is 0. The Hall–Kier alpha value is -2.35. The number of benzene rings is 1. The summed E-state index contributed by atoms with van der Waals surface area (Å²) in [6, 6.07) is 8.14. The van der Waals surface area contributed by atoms with E-state index in [1.54, 1.807) is 18.2 Å². The van der Waals surface area contributed by atoms with Gasteiger partial charge in [0, 0.05) is 23.0 Å². The lowest BCUT2D eigenvalue weighted by atomic mass is 9.90. The van der Waals surface area contributed by atoms with Crippen molar-refractivity contribution in [2.45, 2.75) is 25.7 Å². The summed E-state index contributed by atoms with van der Waals surface area (Å²) in [7, 11) is 0. The number of pyridine rings is 1. The van der Waals surface area contributed by atoms with Gasteiger partial charge in [-0.1, -0.05) is 31.4 Å². The van der Waals surface area contributed by atoms with Gasteiger partial charge in [0.15, 0.2) is 5.43 Å². The fraction of sp³-hybridized carbons (Fsp3) is 0.211. The van der Waals surface area contributed by atoms with Gasteiger partial charge in [-0.3, -0.25) is 4.79 Å². The first kappa shape index (κ1) is 13.6. The molecule has 1 aromatic carbocycles. The van der Waals surface area contributed by atoms with Gasteiger partial charge in [0.05, 0.1) is 0 Å². The average molecular weight is 277 g/mol. The minimum Gasteiger partial charge on any atom is -0.354 e. The minimum atomic E-state index is -0.0219. The summed E-state index contributed by atoms with van der Waals surface area (Å²) in [6.07, 6.45) is 8.07. The van der Waals surface area contributed by atoms with Crippen molar-refractivity contribution in [3.63, 3.8) is 0 Å². The smallest absolute Gasteiger partial charge is 0.189 e. The van der Waals surface area contributed by atoms with Gasteiger partial charge in [-0.05, 0) is 54.5 Å². The van der Waals surface area contributed by atoms with E-state index in [-0.39, 0.29) is 5.43 Å². The van der Waals surface area contributed by atoms with Gasteiger partial charge in [0.1, 0.15) is 0 Å². The maximum absolute atomic E-state index is 12.2. The van der Waals surface area contributed by atoms with Gasteiger partial charge in [0.25, 0.3) is 0 Å². The summed E-state index contributed by atoms with van der Waals surface area (Å²) in [4.78, 5) is 15.5. The number of hydrogen-bond acceptors (Lipinski definition) is 1. The minimum absolute atomic E-state index is 0.0219. The van der Waals surface area contributed by atoms with Crippen molar-refractivity contribution >= 4 is 12.2 Å². The van der Waals surface area contributed by atoms with E-state index in [0.29, 0.717) is 5.56 Å². The van der Waals surface area contributed by atoms with Crippen LogP contribution in [0.2, 0.25) is 0 Å². The van der Waals surface area contributed by atoms with E-state index >= 15 is 0 Å². The van der Waals surface area contributed by atoms with Crippen molar-refractivity contribution in [3.05, 3.63) is 70.0 Å². The van der Waals surface area contributed by atoms with Crippen LogP contribution in [0.1, 0.15) is 35.2 Å². The van der Waals surface area contributed by atoms with Crippen molar-refractivity contribution in [1.29, 1.82) is 0 Å². The highest BCUT2D eigenvalue weighted by Gasteiger charge is 2.12. The molecule has 0 saturated heterocycles. The van der Waals surface area contributed by atoms with E-state index in [1.165, 1.54) is 30.4 Å². The number of aromatic nitrogens is 1. The molecular formula is C19H19NO. The predicted molar refractivity (Wildman–Crippen MR) is 89.3 cm³/mol. The zero-order chi connectivity index (χ0) is 14.8. The quantitative estimate of drug-likeness (QED) is 0.895. The Labute approximate surface area is 124 Å². The maximum Gasteiger partial charge on any atom is 0.189 e. The van der Waals surface area contributed by atoms with Crippen LogP contribution in [0.25, 0.3) is 23.4 Å². The van der Waals surface area contributed by atoms with Gasteiger partial charge in [-0.15, -0.1) is 0 Å². The summed E-state index contributed by atoms with van der Waals surface area (Å²) >= 11 is 0. The normalized spacial score (nSPS) is 13.5. The summed E-state index contributed by atoms with van der Waals surface area (Å²) in [6.45, 7) is 7.46. The molecule has 21 heavy (non-hydrogen) atoms. The molecule has 2 heteroatoms. The molecule has 1 aliphatic rings. The van der Waals surface area contributed by atoms with E-state index in [4.69, 9.17) is 0 Å². The monoisotopic (exact) mass is 277 g/mol. The van der Waals surface area contributed by atoms with Crippen molar-refractivity contribution in [1.82, 2.24) is 4.98 Å². The molecule has 0 radical (unpaired) electrons. The molecule has 106 valence electrons. The summed E-state index contributed by atoms with van der Waals surface area (Å²) < 4.78 is 0. The van der Waals surface area contributed by atoms with Crippen molar-refractivity contribution < 1.29 is 0 Å². The molecule has 1 aromatic heterocycles. The Morgan fingerprint density at radius 3 is 2.48 bits per heavy atom. The molecule has 2 nitrogen and oxygen atoms in total. The fourth-order valence-electron chi connectivity index (χ4n) is 3.02. The molecule has 1 heterocycles. The van der Waals surface area contributed by atoms with Crippen LogP contribution in [0, 0.1) is 0 Å². The number of hydrogen-bond donors (Lipinski definition) is 1. The molecule has 0 spiro atoms. The Bertz CT molecular complexity index is 768. The highest BCUT2D eigenvalue weighted by molar-refractivity contribution is 5.67. The average Bonchev–Trinajstić information content (AvgIpc) is 2.53. The summed E-state index contributed by atoms with van der Waals surface area (Å²) in [5.74, 6) is 0. The Morgan fingerprint density at radius 2 is 1.76 bits per heavy atom. The molecular weight excluding hydrogens is 258 g/mol. The molecule has 0 bridgehead atoms. The van der Waals surface area contributed by atoms with Gasteiger partial charge in [0.2, 0.25) is 0 Å². The lowest BCUT2D eigenvalue weighted by Crippen LogP contribution is -2.09. The van der Waals surface area contributed by atoms with Gasteiger partial charge >= 0.3 is 0 Å². The van der Waals surface area contributed by atoms with Crippen LogP contribution in [0.4, 0.5) is 0 Å². The molecule has 2 aromatic rings. The summed E-state index contributed by atoms with van der Waals surface area (Å²) in [5.41, 5.74) is 6.04. The zero-order valence-electron chi connectivity index (χ0n) is 12.1. The maximum atomic E-state index is 12.2. The molecule has 0 fully saturated rings. The van der Waals surface area contributed by atoms with Gasteiger partial charge < -0.3 is 4.98 Å². The first-order chi connectivity index (χ1) is 10.2. The Kier molecular flexibility index (Phi) is 3.61. The molecule has 1 N–H and O–H groups in total. The molecule has 0 unspecified atom stereocenters. The van der Waals surface area contributed by atoms with Crippen molar-refractivity contribution in [3.8, 4) is 11.3 Å². The molecule has 0 aliphatic heterocycles. The number of aryl methyl sites for hydroxylation is 2. The number of H-pyrrole nitrogens is 1. The molecule has 1 aliphatic carbocycles. The number of rotatable bonds is 3. The second kappa shape index (κ2) is 5.57. The second-order valence-corrected chi connectivity index (χ2v) is 5.47. The van der Waals surface area contributed by atoms with E-state index in [9.17, 15) is 4.79 Å². The van der Waals surface area contributed by atoms with Crippen molar-refractivity contribution in [2.24, 2.45) is 0 Å². The van der Waals surface area contributed by atoms with Crippen LogP contribution in [0.15, 0.2) is 42.2 Å². The third kappa shape index (κ3) is 2.49. The van der Waals surface area contributed by atoms with E-state index in [1.807, 2.05) is 0 Å². The first-order valence-corrected chi connectivity index (χ1v) is 7.37.